The smallest absolute Gasteiger partial charge is 0.339 e. The molecule has 2 aromatic rings. The van der Waals surface area contributed by atoms with Crippen molar-refractivity contribution in [3.05, 3.63) is 35.7 Å². The van der Waals surface area contributed by atoms with E-state index in [0.717, 1.165) is 19.4 Å². The first-order chi connectivity index (χ1) is 12.4. The Kier molecular flexibility index (Phi) is 5.26. The van der Waals surface area contributed by atoms with Gasteiger partial charge < -0.3 is 14.7 Å². The van der Waals surface area contributed by atoms with E-state index in [9.17, 15) is 18.0 Å². The Balaban J connectivity index is 1.66. The molecule has 1 N–H and O–H groups in total. The van der Waals surface area contributed by atoms with Gasteiger partial charge in [0, 0.05) is 24.2 Å². The Morgan fingerprint density at radius 3 is 2.46 bits per heavy atom. The summed E-state index contributed by atoms with van der Waals surface area (Å²) >= 11 is 0. The molecule has 140 valence electrons. The van der Waals surface area contributed by atoms with Crippen LogP contribution < -0.4 is 5.32 Å². The van der Waals surface area contributed by atoms with Gasteiger partial charge in [-0.25, -0.2) is 0 Å². The summed E-state index contributed by atoms with van der Waals surface area (Å²) in [5.41, 5.74) is 0.842. The van der Waals surface area contributed by atoms with Crippen molar-refractivity contribution < 1.29 is 22.5 Å². The van der Waals surface area contributed by atoms with Crippen LogP contribution in [0.2, 0.25) is 0 Å². The molecule has 3 rings (SSSR count). The van der Waals surface area contributed by atoms with Crippen LogP contribution in [-0.2, 0) is 6.18 Å². The van der Waals surface area contributed by atoms with Crippen LogP contribution in [-0.4, -0.2) is 47.6 Å². The molecule has 0 spiro atoms. The van der Waals surface area contributed by atoms with Crippen molar-refractivity contribution in [3.8, 4) is 11.4 Å². The number of benzene rings is 1. The minimum Gasteiger partial charge on any atom is -0.339 e. The molecule has 6 nitrogen and oxygen atoms in total. The molecule has 1 amide bonds. The second-order valence-electron chi connectivity index (χ2n) is 6.29. The van der Waals surface area contributed by atoms with Gasteiger partial charge in [-0.1, -0.05) is 17.3 Å². The number of alkyl halides is 3. The van der Waals surface area contributed by atoms with Crippen LogP contribution in [0, 0.1) is 5.92 Å². The molecule has 0 saturated carbocycles. The molecule has 1 saturated heterocycles. The lowest BCUT2D eigenvalue weighted by atomic mass is 9.96. The van der Waals surface area contributed by atoms with Gasteiger partial charge in [0.15, 0.2) is 0 Å². The van der Waals surface area contributed by atoms with Crippen LogP contribution in [0.3, 0.4) is 0 Å². The molecule has 0 unspecified atom stereocenters. The van der Waals surface area contributed by atoms with Crippen molar-refractivity contribution in [3.63, 3.8) is 0 Å². The highest BCUT2D eigenvalue weighted by atomic mass is 19.4. The van der Waals surface area contributed by atoms with E-state index in [1.807, 2.05) is 7.05 Å². The molecular weight excluding hydrogens is 349 g/mol. The second kappa shape index (κ2) is 7.45. The first-order valence-electron chi connectivity index (χ1n) is 8.33. The van der Waals surface area contributed by atoms with Crippen molar-refractivity contribution in [1.29, 1.82) is 0 Å². The first kappa shape index (κ1) is 18.4. The van der Waals surface area contributed by atoms with Gasteiger partial charge in [-0.15, -0.1) is 0 Å². The minimum atomic E-state index is -4.68. The van der Waals surface area contributed by atoms with Crippen LogP contribution in [0.5, 0.6) is 0 Å². The number of piperidine rings is 1. The average molecular weight is 368 g/mol. The van der Waals surface area contributed by atoms with Crippen molar-refractivity contribution in [2.24, 2.45) is 5.92 Å². The molecule has 0 atom stereocenters. The lowest BCUT2D eigenvalue weighted by molar-refractivity contribution is -0.159. The Bertz CT molecular complexity index is 750. The summed E-state index contributed by atoms with van der Waals surface area (Å²) < 4.78 is 41.8. The fourth-order valence-electron chi connectivity index (χ4n) is 3.03. The maximum absolute atomic E-state index is 12.6. The maximum atomic E-state index is 12.6. The summed E-state index contributed by atoms with van der Waals surface area (Å²) in [5.74, 6) is -1.06. The van der Waals surface area contributed by atoms with Crippen molar-refractivity contribution in [1.82, 2.24) is 20.4 Å². The molecule has 1 aromatic carbocycles. The molecule has 9 heteroatoms. The maximum Gasteiger partial charge on any atom is 0.471 e. The summed E-state index contributed by atoms with van der Waals surface area (Å²) in [4.78, 5) is 17.7. The Morgan fingerprint density at radius 2 is 1.92 bits per heavy atom. The predicted octanol–water partition coefficient (Wildman–Crippen LogP) is 2.83. The highest BCUT2D eigenvalue weighted by Gasteiger charge is 2.38. The van der Waals surface area contributed by atoms with E-state index >= 15 is 0 Å². The Morgan fingerprint density at radius 1 is 1.27 bits per heavy atom. The van der Waals surface area contributed by atoms with Gasteiger partial charge >= 0.3 is 12.1 Å². The van der Waals surface area contributed by atoms with Gasteiger partial charge in [-0.05, 0) is 44.5 Å². The first-order valence-corrected chi connectivity index (χ1v) is 8.33. The summed E-state index contributed by atoms with van der Waals surface area (Å²) in [6.07, 6.45) is -2.78. The molecule has 1 aromatic heterocycles. The topological polar surface area (TPSA) is 71.3 Å². The normalized spacial score (nSPS) is 16.1. The van der Waals surface area contributed by atoms with E-state index in [0.29, 0.717) is 30.1 Å². The molecule has 0 radical (unpaired) electrons. The van der Waals surface area contributed by atoms with Crippen molar-refractivity contribution in [2.45, 2.75) is 19.0 Å². The largest absolute Gasteiger partial charge is 0.471 e. The van der Waals surface area contributed by atoms with Crippen LogP contribution in [0.1, 0.15) is 29.1 Å². The van der Waals surface area contributed by atoms with Gasteiger partial charge in [0.05, 0.1) is 0 Å². The fraction of sp³-hybridized carbons (Fsp3) is 0.471. The molecule has 2 heterocycles. The molecule has 1 aliphatic rings. The SMILES string of the molecule is CNCC1CCN(C(=O)c2ccc(-c3noc(C(F)(F)F)n3)cc2)CC1. The third-order valence-electron chi connectivity index (χ3n) is 4.45. The molecule has 1 fully saturated rings. The highest BCUT2D eigenvalue weighted by Crippen LogP contribution is 2.29. The number of nitrogens with one attached hydrogen (secondary N) is 1. The number of amides is 1. The monoisotopic (exact) mass is 368 g/mol. The molecule has 0 aliphatic carbocycles. The van der Waals surface area contributed by atoms with E-state index in [1.165, 1.54) is 12.1 Å². The summed E-state index contributed by atoms with van der Waals surface area (Å²) in [5, 5.41) is 6.49. The Hall–Kier alpha value is -2.42. The summed E-state index contributed by atoms with van der Waals surface area (Å²) in [6, 6.07) is 6.18. The fourth-order valence-corrected chi connectivity index (χ4v) is 3.03. The predicted molar refractivity (Wildman–Crippen MR) is 87.3 cm³/mol. The van der Waals surface area contributed by atoms with E-state index in [-0.39, 0.29) is 11.7 Å². The van der Waals surface area contributed by atoms with E-state index < -0.39 is 12.1 Å². The van der Waals surface area contributed by atoms with Crippen LogP contribution in [0.25, 0.3) is 11.4 Å². The van der Waals surface area contributed by atoms with Crippen LogP contribution in [0.15, 0.2) is 28.8 Å². The summed E-state index contributed by atoms with van der Waals surface area (Å²) in [6.45, 7) is 2.35. The number of carbonyl (C=O) groups is 1. The number of aromatic nitrogens is 2. The summed E-state index contributed by atoms with van der Waals surface area (Å²) in [7, 11) is 1.92. The quantitative estimate of drug-likeness (QED) is 0.899. The Labute approximate surface area is 148 Å². The molecule has 1 aliphatic heterocycles. The van der Waals surface area contributed by atoms with Crippen molar-refractivity contribution in [2.75, 3.05) is 26.7 Å². The number of hydrogen-bond acceptors (Lipinski definition) is 5. The van der Waals surface area contributed by atoms with Gasteiger partial charge in [0.25, 0.3) is 5.91 Å². The minimum absolute atomic E-state index is 0.0800. The number of carbonyl (C=O) groups excluding carboxylic acids is 1. The lowest BCUT2D eigenvalue weighted by Gasteiger charge is -2.32. The lowest BCUT2D eigenvalue weighted by Crippen LogP contribution is -2.40. The van der Waals surface area contributed by atoms with Crippen LogP contribution >= 0.6 is 0 Å². The van der Waals surface area contributed by atoms with Gasteiger partial charge in [0.2, 0.25) is 5.82 Å². The third kappa shape index (κ3) is 4.04. The van der Waals surface area contributed by atoms with Gasteiger partial charge in [-0.2, -0.15) is 18.2 Å². The van der Waals surface area contributed by atoms with Gasteiger partial charge in [0.1, 0.15) is 0 Å². The van der Waals surface area contributed by atoms with Gasteiger partial charge in [-0.3, -0.25) is 4.79 Å². The van der Waals surface area contributed by atoms with E-state index in [4.69, 9.17) is 0 Å². The number of nitrogens with zero attached hydrogens (tertiary/aromatic N) is 3. The molecule has 26 heavy (non-hydrogen) atoms. The standard InChI is InChI=1S/C17H19F3N4O2/c1-21-10-11-6-8-24(9-7-11)15(25)13-4-2-12(3-5-13)14-22-16(26-23-14)17(18,19)20/h2-5,11,21H,6-10H2,1H3. The highest BCUT2D eigenvalue weighted by molar-refractivity contribution is 5.94. The zero-order valence-corrected chi connectivity index (χ0v) is 14.2. The third-order valence-corrected chi connectivity index (χ3v) is 4.45. The number of likely N-dealkylation sites (tertiary alicyclic amines) is 1. The zero-order chi connectivity index (χ0) is 18.7. The molecular formula is C17H19F3N4O2. The second-order valence-corrected chi connectivity index (χ2v) is 6.29. The number of hydrogen-bond donors (Lipinski definition) is 1. The zero-order valence-electron chi connectivity index (χ0n) is 14.2. The van der Waals surface area contributed by atoms with Crippen molar-refractivity contribution >= 4 is 5.91 Å². The number of rotatable bonds is 4. The van der Waals surface area contributed by atoms with E-state index in [2.05, 4.69) is 20.0 Å². The van der Waals surface area contributed by atoms with E-state index in [1.54, 1.807) is 17.0 Å². The molecule has 0 bridgehead atoms. The van der Waals surface area contributed by atoms with Crippen LogP contribution in [0.4, 0.5) is 13.2 Å². The average Bonchev–Trinajstić information content (AvgIpc) is 3.13. The number of halogens is 3.